The maximum Gasteiger partial charge on any atom is 0.236 e. The Morgan fingerprint density at radius 3 is 2.67 bits per heavy atom. The molecule has 0 spiro atoms. The van der Waals surface area contributed by atoms with Crippen LogP contribution in [0.5, 0.6) is 0 Å². The van der Waals surface area contributed by atoms with Gasteiger partial charge in [0.15, 0.2) is 0 Å². The second-order valence-corrected chi connectivity index (χ2v) is 5.43. The van der Waals surface area contributed by atoms with Gasteiger partial charge in [0.05, 0.1) is 6.54 Å². The standard InChI is InChI=1S/C13H25N3O.ClH/c1-11-5-2-3-8-16(11)13(17)10-15-7-4-6-12(15)9-14;/h11-12H,2-10,14H2,1H3;1H. The first kappa shape index (κ1) is 15.7. The molecule has 2 aliphatic rings. The van der Waals surface area contributed by atoms with Crippen LogP contribution in [0.15, 0.2) is 0 Å². The molecule has 0 aromatic rings. The third kappa shape index (κ3) is 3.59. The van der Waals surface area contributed by atoms with Gasteiger partial charge in [0, 0.05) is 25.2 Å². The van der Waals surface area contributed by atoms with Crippen LogP contribution in [-0.2, 0) is 4.79 Å². The minimum absolute atomic E-state index is 0. The van der Waals surface area contributed by atoms with E-state index in [1.807, 2.05) is 0 Å². The van der Waals surface area contributed by atoms with Crippen molar-refractivity contribution in [3.8, 4) is 0 Å². The van der Waals surface area contributed by atoms with Gasteiger partial charge in [-0.2, -0.15) is 0 Å². The van der Waals surface area contributed by atoms with Crippen molar-refractivity contribution in [2.45, 2.75) is 51.1 Å². The summed E-state index contributed by atoms with van der Waals surface area (Å²) in [6.07, 6.45) is 5.92. The summed E-state index contributed by atoms with van der Waals surface area (Å²) in [4.78, 5) is 16.6. The van der Waals surface area contributed by atoms with E-state index >= 15 is 0 Å². The number of hydrogen-bond acceptors (Lipinski definition) is 3. The van der Waals surface area contributed by atoms with Crippen LogP contribution in [0.1, 0.15) is 39.0 Å². The summed E-state index contributed by atoms with van der Waals surface area (Å²) < 4.78 is 0. The van der Waals surface area contributed by atoms with Crippen molar-refractivity contribution in [1.82, 2.24) is 9.80 Å². The molecule has 0 saturated carbocycles. The van der Waals surface area contributed by atoms with Crippen LogP contribution < -0.4 is 5.73 Å². The van der Waals surface area contributed by atoms with E-state index < -0.39 is 0 Å². The Balaban J connectivity index is 0.00000162. The first-order chi connectivity index (χ1) is 8.22. The molecular formula is C13H26ClN3O. The summed E-state index contributed by atoms with van der Waals surface area (Å²) in [5, 5.41) is 0. The topological polar surface area (TPSA) is 49.6 Å². The van der Waals surface area contributed by atoms with Crippen LogP contribution in [0.2, 0.25) is 0 Å². The van der Waals surface area contributed by atoms with Crippen molar-refractivity contribution in [3.05, 3.63) is 0 Å². The summed E-state index contributed by atoms with van der Waals surface area (Å²) in [5.74, 6) is 0.303. The van der Waals surface area contributed by atoms with Crippen LogP contribution >= 0.6 is 12.4 Å². The monoisotopic (exact) mass is 275 g/mol. The van der Waals surface area contributed by atoms with Gasteiger partial charge in [-0.1, -0.05) is 0 Å². The van der Waals surface area contributed by atoms with Crippen LogP contribution in [0.25, 0.3) is 0 Å². The maximum absolute atomic E-state index is 12.3. The molecule has 18 heavy (non-hydrogen) atoms. The van der Waals surface area contributed by atoms with E-state index in [0.717, 1.165) is 32.4 Å². The Morgan fingerprint density at radius 2 is 2.00 bits per heavy atom. The van der Waals surface area contributed by atoms with Crippen molar-refractivity contribution >= 4 is 18.3 Å². The number of halogens is 1. The van der Waals surface area contributed by atoms with E-state index in [2.05, 4.69) is 16.7 Å². The number of nitrogens with zero attached hydrogens (tertiary/aromatic N) is 2. The molecule has 1 amide bonds. The molecule has 2 saturated heterocycles. The molecule has 2 atom stereocenters. The minimum Gasteiger partial charge on any atom is -0.339 e. The van der Waals surface area contributed by atoms with Gasteiger partial charge in [-0.3, -0.25) is 9.69 Å². The van der Waals surface area contributed by atoms with E-state index in [1.54, 1.807) is 0 Å². The highest BCUT2D eigenvalue weighted by atomic mass is 35.5. The summed E-state index contributed by atoms with van der Waals surface area (Å²) in [6, 6.07) is 0.856. The number of likely N-dealkylation sites (tertiary alicyclic amines) is 2. The largest absolute Gasteiger partial charge is 0.339 e. The highest BCUT2D eigenvalue weighted by molar-refractivity contribution is 5.85. The number of rotatable bonds is 3. The number of nitrogens with two attached hydrogens (primary N) is 1. The predicted octanol–water partition coefficient (Wildman–Crippen LogP) is 1.23. The van der Waals surface area contributed by atoms with Crippen molar-refractivity contribution in [3.63, 3.8) is 0 Å². The lowest BCUT2D eigenvalue weighted by atomic mass is 10.0. The van der Waals surface area contributed by atoms with Gasteiger partial charge in [-0.05, 0) is 45.6 Å². The Bertz CT molecular complexity index is 275. The average molecular weight is 276 g/mol. The summed E-state index contributed by atoms with van der Waals surface area (Å²) in [7, 11) is 0. The number of carbonyl (C=O) groups is 1. The molecule has 2 unspecified atom stereocenters. The van der Waals surface area contributed by atoms with Crippen molar-refractivity contribution in [2.24, 2.45) is 5.73 Å². The molecule has 0 aromatic heterocycles. The smallest absolute Gasteiger partial charge is 0.236 e. The summed E-state index contributed by atoms with van der Waals surface area (Å²) in [5.41, 5.74) is 5.74. The number of piperidine rings is 1. The molecule has 5 heteroatoms. The lowest BCUT2D eigenvalue weighted by molar-refractivity contribution is -0.135. The third-order valence-corrected chi connectivity index (χ3v) is 4.23. The summed E-state index contributed by atoms with van der Waals surface area (Å²) in [6.45, 7) is 5.41. The van der Waals surface area contributed by atoms with E-state index in [9.17, 15) is 4.79 Å². The molecule has 0 bridgehead atoms. The molecular weight excluding hydrogens is 250 g/mol. The molecule has 2 rings (SSSR count). The van der Waals surface area contributed by atoms with Gasteiger partial charge in [0.25, 0.3) is 0 Å². The Kier molecular flexibility index (Phi) is 6.39. The SMILES string of the molecule is CC1CCCCN1C(=O)CN1CCCC1CN.Cl. The van der Waals surface area contributed by atoms with Crippen molar-refractivity contribution in [2.75, 3.05) is 26.2 Å². The Hall–Kier alpha value is -0.320. The fourth-order valence-corrected chi connectivity index (χ4v) is 3.10. The Labute approximate surface area is 116 Å². The van der Waals surface area contributed by atoms with Gasteiger partial charge in [0.2, 0.25) is 5.91 Å². The van der Waals surface area contributed by atoms with E-state index in [0.29, 0.717) is 31.1 Å². The second-order valence-electron chi connectivity index (χ2n) is 5.43. The molecule has 106 valence electrons. The highest BCUT2D eigenvalue weighted by Crippen LogP contribution is 2.19. The molecule has 2 fully saturated rings. The van der Waals surface area contributed by atoms with Gasteiger partial charge in [-0.25, -0.2) is 0 Å². The van der Waals surface area contributed by atoms with Crippen LogP contribution in [-0.4, -0.2) is 54.0 Å². The van der Waals surface area contributed by atoms with Gasteiger partial charge < -0.3 is 10.6 Å². The summed E-state index contributed by atoms with van der Waals surface area (Å²) >= 11 is 0. The molecule has 2 heterocycles. The molecule has 0 aromatic carbocycles. The number of amides is 1. The zero-order valence-corrected chi connectivity index (χ0v) is 12.1. The molecule has 4 nitrogen and oxygen atoms in total. The quantitative estimate of drug-likeness (QED) is 0.843. The lowest BCUT2D eigenvalue weighted by Gasteiger charge is -2.35. The number of carbonyl (C=O) groups excluding carboxylic acids is 1. The van der Waals surface area contributed by atoms with E-state index in [4.69, 9.17) is 5.73 Å². The van der Waals surface area contributed by atoms with Gasteiger partial charge >= 0.3 is 0 Å². The highest BCUT2D eigenvalue weighted by Gasteiger charge is 2.29. The van der Waals surface area contributed by atoms with Crippen molar-refractivity contribution in [1.29, 1.82) is 0 Å². The van der Waals surface area contributed by atoms with Crippen LogP contribution in [0.4, 0.5) is 0 Å². The first-order valence-electron chi connectivity index (χ1n) is 6.96. The molecule has 0 aliphatic carbocycles. The Morgan fingerprint density at radius 1 is 1.22 bits per heavy atom. The fraction of sp³-hybridized carbons (Fsp3) is 0.923. The van der Waals surface area contributed by atoms with Crippen LogP contribution in [0.3, 0.4) is 0 Å². The number of hydrogen-bond donors (Lipinski definition) is 1. The maximum atomic E-state index is 12.3. The zero-order chi connectivity index (χ0) is 12.3. The first-order valence-corrected chi connectivity index (χ1v) is 6.96. The minimum atomic E-state index is 0. The predicted molar refractivity (Wildman–Crippen MR) is 75.9 cm³/mol. The van der Waals surface area contributed by atoms with Gasteiger partial charge in [0.1, 0.15) is 0 Å². The molecule has 0 radical (unpaired) electrons. The van der Waals surface area contributed by atoms with Crippen LogP contribution in [0, 0.1) is 0 Å². The van der Waals surface area contributed by atoms with E-state index in [-0.39, 0.29) is 12.4 Å². The zero-order valence-electron chi connectivity index (χ0n) is 11.3. The average Bonchev–Trinajstić information content (AvgIpc) is 2.76. The third-order valence-electron chi connectivity index (χ3n) is 4.23. The van der Waals surface area contributed by atoms with Crippen molar-refractivity contribution < 1.29 is 4.79 Å². The normalized spacial score (nSPS) is 29.1. The van der Waals surface area contributed by atoms with E-state index in [1.165, 1.54) is 12.8 Å². The molecule has 2 aliphatic heterocycles. The molecule has 2 N–H and O–H groups in total. The van der Waals surface area contributed by atoms with Gasteiger partial charge in [-0.15, -0.1) is 12.4 Å². The lowest BCUT2D eigenvalue weighted by Crippen LogP contribution is -2.48. The fourth-order valence-electron chi connectivity index (χ4n) is 3.10. The second kappa shape index (κ2) is 7.31.